The van der Waals surface area contributed by atoms with Crippen LogP contribution < -0.4 is 0 Å². The molecule has 0 atom stereocenters. The number of hydrogen-bond acceptors (Lipinski definition) is 2. The summed E-state index contributed by atoms with van der Waals surface area (Å²) < 4.78 is 13.2. The van der Waals surface area contributed by atoms with Crippen LogP contribution in [0.5, 0.6) is 0 Å². The van der Waals surface area contributed by atoms with Gasteiger partial charge in [0.05, 0.1) is 12.4 Å². The van der Waals surface area contributed by atoms with Gasteiger partial charge in [-0.05, 0) is 12.8 Å². The van der Waals surface area contributed by atoms with Crippen molar-refractivity contribution in [3.05, 3.63) is 11.9 Å². The minimum absolute atomic E-state index is 0.281. The second-order valence-corrected chi connectivity index (χ2v) is 2.18. The van der Waals surface area contributed by atoms with Gasteiger partial charge in [-0.3, -0.25) is 9.07 Å². The van der Waals surface area contributed by atoms with Gasteiger partial charge in [0.1, 0.15) is 0 Å². The van der Waals surface area contributed by atoms with Gasteiger partial charge >= 0.3 is 0 Å². The summed E-state index contributed by atoms with van der Waals surface area (Å²) in [4.78, 5) is 0. The summed E-state index contributed by atoms with van der Waals surface area (Å²) in [5, 5.41) is 7.51. The molecular formula is C6H10FN3. The van der Waals surface area contributed by atoms with Gasteiger partial charge in [0.25, 0.3) is 0 Å². The van der Waals surface area contributed by atoms with E-state index in [1.807, 2.05) is 0 Å². The van der Waals surface area contributed by atoms with Crippen molar-refractivity contribution in [3.8, 4) is 0 Å². The predicted octanol–water partition coefficient (Wildman–Crippen LogP) is 0.717. The van der Waals surface area contributed by atoms with Crippen LogP contribution in [0.1, 0.15) is 12.1 Å². The van der Waals surface area contributed by atoms with Crippen molar-refractivity contribution in [1.82, 2.24) is 15.0 Å². The highest BCUT2D eigenvalue weighted by atomic mass is 19.1. The van der Waals surface area contributed by atoms with Gasteiger partial charge in [-0.1, -0.05) is 5.21 Å². The van der Waals surface area contributed by atoms with E-state index in [1.54, 1.807) is 17.9 Å². The molecule has 0 spiro atoms. The van der Waals surface area contributed by atoms with Crippen molar-refractivity contribution in [2.45, 2.75) is 12.8 Å². The van der Waals surface area contributed by atoms with Crippen molar-refractivity contribution in [1.29, 1.82) is 0 Å². The summed E-state index contributed by atoms with van der Waals surface area (Å²) in [6.45, 7) is -0.281. The quantitative estimate of drug-likeness (QED) is 0.624. The van der Waals surface area contributed by atoms with E-state index in [4.69, 9.17) is 0 Å². The summed E-state index contributed by atoms with van der Waals surface area (Å²) in [7, 11) is 1.80. The Morgan fingerprint density at radius 1 is 1.70 bits per heavy atom. The van der Waals surface area contributed by atoms with Crippen LogP contribution in [-0.4, -0.2) is 21.7 Å². The van der Waals surface area contributed by atoms with Crippen LogP contribution in [0.3, 0.4) is 0 Å². The summed E-state index contributed by atoms with van der Waals surface area (Å²) in [6, 6.07) is 0. The number of rotatable bonds is 3. The molecule has 0 radical (unpaired) electrons. The van der Waals surface area contributed by atoms with Crippen LogP contribution in [0.4, 0.5) is 4.39 Å². The Morgan fingerprint density at radius 2 is 2.50 bits per heavy atom. The molecule has 0 N–H and O–H groups in total. The Hall–Kier alpha value is -0.930. The summed E-state index contributed by atoms with van der Waals surface area (Å²) >= 11 is 0. The second kappa shape index (κ2) is 3.29. The first-order valence-electron chi connectivity index (χ1n) is 3.24. The van der Waals surface area contributed by atoms with Crippen LogP contribution in [0.15, 0.2) is 6.20 Å². The maximum absolute atomic E-state index is 11.6. The standard InChI is InChI=1S/C6H10FN3/c1-10-5-6(8-9-10)3-2-4-7/h5H,2-4H2,1H3. The molecule has 1 rings (SSSR count). The molecule has 3 nitrogen and oxygen atoms in total. The van der Waals surface area contributed by atoms with E-state index in [0.717, 1.165) is 5.69 Å². The molecule has 1 aromatic heterocycles. The first-order valence-corrected chi connectivity index (χ1v) is 3.24. The van der Waals surface area contributed by atoms with E-state index in [2.05, 4.69) is 10.3 Å². The van der Waals surface area contributed by atoms with Crippen LogP contribution in [0.2, 0.25) is 0 Å². The lowest BCUT2D eigenvalue weighted by Crippen LogP contribution is -1.86. The van der Waals surface area contributed by atoms with Crippen molar-refractivity contribution >= 4 is 0 Å². The third-order valence-electron chi connectivity index (χ3n) is 1.22. The van der Waals surface area contributed by atoms with E-state index in [1.165, 1.54) is 0 Å². The van der Waals surface area contributed by atoms with Gasteiger partial charge < -0.3 is 0 Å². The number of alkyl halides is 1. The van der Waals surface area contributed by atoms with E-state index >= 15 is 0 Å². The van der Waals surface area contributed by atoms with Crippen molar-refractivity contribution < 1.29 is 4.39 Å². The number of aromatic nitrogens is 3. The zero-order valence-electron chi connectivity index (χ0n) is 5.92. The molecule has 1 aromatic rings. The third kappa shape index (κ3) is 1.79. The van der Waals surface area contributed by atoms with E-state index in [0.29, 0.717) is 12.8 Å². The number of nitrogens with zero attached hydrogens (tertiary/aromatic N) is 3. The molecule has 0 aliphatic heterocycles. The number of halogens is 1. The normalized spacial score (nSPS) is 10.2. The molecule has 0 fully saturated rings. The topological polar surface area (TPSA) is 30.7 Å². The molecule has 0 saturated carbocycles. The Morgan fingerprint density at radius 3 is 3.00 bits per heavy atom. The van der Waals surface area contributed by atoms with Crippen molar-refractivity contribution in [2.75, 3.05) is 6.67 Å². The zero-order valence-corrected chi connectivity index (χ0v) is 5.92. The van der Waals surface area contributed by atoms with Crippen LogP contribution in [-0.2, 0) is 13.5 Å². The highest BCUT2D eigenvalue weighted by molar-refractivity contribution is 4.91. The first kappa shape index (κ1) is 7.18. The van der Waals surface area contributed by atoms with Crippen LogP contribution in [0, 0.1) is 0 Å². The summed E-state index contributed by atoms with van der Waals surface area (Å²) in [5.41, 5.74) is 0.861. The first-order chi connectivity index (χ1) is 4.83. The van der Waals surface area contributed by atoms with Gasteiger partial charge in [0, 0.05) is 13.2 Å². The molecule has 0 aromatic carbocycles. The summed E-state index contributed by atoms with van der Waals surface area (Å²) in [5.74, 6) is 0. The fourth-order valence-corrected chi connectivity index (χ4v) is 0.758. The fourth-order valence-electron chi connectivity index (χ4n) is 0.758. The minimum atomic E-state index is -0.281. The zero-order chi connectivity index (χ0) is 7.40. The SMILES string of the molecule is Cn1cc(CCCF)nn1. The monoisotopic (exact) mass is 143 g/mol. The largest absolute Gasteiger partial charge is 0.255 e. The molecular weight excluding hydrogens is 133 g/mol. The van der Waals surface area contributed by atoms with Crippen molar-refractivity contribution in [3.63, 3.8) is 0 Å². The average Bonchev–Trinajstić information content (AvgIpc) is 2.31. The molecule has 0 unspecified atom stereocenters. The molecule has 0 aliphatic carbocycles. The Labute approximate surface area is 58.9 Å². The minimum Gasteiger partial charge on any atom is -0.255 e. The van der Waals surface area contributed by atoms with Crippen LogP contribution in [0.25, 0.3) is 0 Å². The highest BCUT2D eigenvalue weighted by Gasteiger charge is 1.95. The van der Waals surface area contributed by atoms with E-state index in [9.17, 15) is 4.39 Å². The molecule has 10 heavy (non-hydrogen) atoms. The van der Waals surface area contributed by atoms with E-state index < -0.39 is 0 Å². The van der Waals surface area contributed by atoms with Gasteiger partial charge in [-0.15, -0.1) is 5.10 Å². The molecule has 56 valence electrons. The van der Waals surface area contributed by atoms with Gasteiger partial charge in [0.2, 0.25) is 0 Å². The highest BCUT2D eigenvalue weighted by Crippen LogP contribution is 1.96. The maximum Gasteiger partial charge on any atom is 0.0898 e. The fraction of sp³-hybridized carbons (Fsp3) is 0.667. The van der Waals surface area contributed by atoms with Crippen molar-refractivity contribution in [2.24, 2.45) is 7.05 Å². The molecule has 4 heteroatoms. The lowest BCUT2D eigenvalue weighted by Gasteiger charge is -1.87. The Bertz CT molecular complexity index is 197. The molecule has 0 saturated heterocycles. The molecule has 1 heterocycles. The van der Waals surface area contributed by atoms with Gasteiger partial charge in [0.15, 0.2) is 0 Å². The number of aryl methyl sites for hydroxylation is 2. The smallest absolute Gasteiger partial charge is 0.0898 e. The molecule has 0 amide bonds. The maximum atomic E-state index is 11.6. The number of hydrogen-bond donors (Lipinski definition) is 0. The Balaban J connectivity index is 2.42. The summed E-state index contributed by atoms with van der Waals surface area (Å²) in [6.07, 6.45) is 3.03. The van der Waals surface area contributed by atoms with Crippen LogP contribution >= 0.6 is 0 Å². The van der Waals surface area contributed by atoms with E-state index in [-0.39, 0.29) is 6.67 Å². The molecule has 0 bridgehead atoms. The third-order valence-corrected chi connectivity index (χ3v) is 1.22. The lowest BCUT2D eigenvalue weighted by atomic mass is 10.3. The van der Waals surface area contributed by atoms with Gasteiger partial charge in [-0.2, -0.15) is 0 Å². The average molecular weight is 143 g/mol. The predicted molar refractivity (Wildman–Crippen MR) is 35.3 cm³/mol. The second-order valence-electron chi connectivity index (χ2n) is 2.18. The van der Waals surface area contributed by atoms with Gasteiger partial charge in [-0.25, -0.2) is 0 Å². The Kier molecular flexibility index (Phi) is 2.36. The molecule has 0 aliphatic rings. The lowest BCUT2D eigenvalue weighted by molar-refractivity contribution is 0.471.